The molecule has 1 aromatic heterocycles. The predicted octanol–water partition coefficient (Wildman–Crippen LogP) is 1.91. The van der Waals surface area contributed by atoms with Crippen LogP contribution in [0.4, 0.5) is 0 Å². The van der Waals surface area contributed by atoms with Crippen molar-refractivity contribution in [2.45, 2.75) is 44.6 Å². The highest BCUT2D eigenvalue weighted by atomic mass is 32.1. The Kier molecular flexibility index (Phi) is 4.12. The fourth-order valence-corrected chi connectivity index (χ4v) is 2.50. The van der Waals surface area contributed by atoms with Gasteiger partial charge in [-0.2, -0.15) is 0 Å². The molecule has 0 bridgehead atoms. The molecule has 1 fully saturated rings. The summed E-state index contributed by atoms with van der Waals surface area (Å²) in [4.78, 5) is 16.9. The number of rotatable bonds is 6. The van der Waals surface area contributed by atoms with E-state index in [-0.39, 0.29) is 12.0 Å². The van der Waals surface area contributed by atoms with Gasteiger partial charge < -0.3 is 10.4 Å². The number of thiazole rings is 1. The van der Waals surface area contributed by atoms with Crippen LogP contribution in [0.1, 0.15) is 53.9 Å². The predicted molar refractivity (Wildman–Crippen MR) is 67.3 cm³/mol. The monoisotopic (exact) mass is 254 g/mol. The summed E-state index contributed by atoms with van der Waals surface area (Å²) >= 11 is 1.40. The number of nitrogens with one attached hydrogen (secondary N) is 1. The van der Waals surface area contributed by atoms with E-state index >= 15 is 0 Å². The van der Waals surface area contributed by atoms with Crippen molar-refractivity contribution in [3.63, 3.8) is 0 Å². The number of aliphatic hydroxyl groups excluding tert-OH is 1. The number of aliphatic hydroxyl groups is 1. The number of amides is 1. The molecule has 1 aliphatic carbocycles. The van der Waals surface area contributed by atoms with Crippen molar-refractivity contribution in [2.24, 2.45) is 0 Å². The first kappa shape index (κ1) is 12.5. The molecule has 0 spiro atoms. The van der Waals surface area contributed by atoms with E-state index in [1.807, 2.05) is 6.92 Å². The van der Waals surface area contributed by atoms with Gasteiger partial charge >= 0.3 is 0 Å². The van der Waals surface area contributed by atoms with Crippen LogP contribution in [0.3, 0.4) is 0 Å². The molecule has 0 aromatic carbocycles. The van der Waals surface area contributed by atoms with E-state index in [0.29, 0.717) is 18.9 Å². The average molecular weight is 254 g/mol. The highest BCUT2D eigenvalue weighted by Crippen LogP contribution is 2.41. The van der Waals surface area contributed by atoms with Crippen molar-refractivity contribution in [3.8, 4) is 0 Å². The van der Waals surface area contributed by atoms with E-state index in [2.05, 4.69) is 10.3 Å². The molecule has 4 nitrogen and oxygen atoms in total. The quantitative estimate of drug-likeness (QED) is 0.815. The lowest BCUT2D eigenvalue weighted by Crippen LogP contribution is -2.27. The number of carbonyl (C=O) groups excluding carboxylic acids is 1. The van der Waals surface area contributed by atoms with Crippen LogP contribution in [0.5, 0.6) is 0 Å². The molecular weight excluding hydrogens is 236 g/mol. The molecule has 0 radical (unpaired) electrons. The van der Waals surface area contributed by atoms with Gasteiger partial charge in [-0.25, -0.2) is 4.98 Å². The molecule has 17 heavy (non-hydrogen) atoms. The Hall–Kier alpha value is -0.940. The number of aromatic nitrogens is 1. The van der Waals surface area contributed by atoms with Gasteiger partial charge in [0.1, 0.15) is 4.88 Å². The molecule has 94 valence electrons. The van der Waals surface area contributed by atoms with Gasteiger partial charge in [-0.15, -0.1) is 11.3 Å². The maximum absolute atomic E-state index is 11.9. The third-order valence-corrected chi connectivity index (χ3v) is 3.84. The minimum atomic E-state index is -0.320. The zero-order valence-corrected chi connectivity index (χ0v) is 10.8. The average Bonchev–Trinajstić information content (AvgIpc) is 3.06. The van der Waals surface area contributed by atoms with Crippen molar-refractivity contribution in [2.75, 3.05) is 6.54 Å². The highest BCUT2D eigenvalue weighted by Gasteiger charge is 2.30. The summed E-state index contributed by atoms with van der Waals surface area (Å²) in [5, 5.41) is 12.2. The molecule has 1 atom stereocenters. The third kappa shape index (κ3) is 3.26. The second-order valence-electron chi connectivity index (χ2n) is 4.45. The van der Waals surface area contributed by atoms with E-state index < -0.39 is 0 Å². The number of hydrogen-bond acceptors (Lipinski definition) is 4. The Morgan fingerprint density at radius 2 is 2.47 bits per heavy atom. The zero-order chi connectivity index (χ0) is 12.3. The van der Waals surface area contributed by atoms with Gasteiger partial charge in [-0.3, -0.25) is 4.79 Å². The molecule has 1 unspecified atom stereocenters. The minimum absolute atomic E-state index is 0.0438. The molecule has 2 rings (SSSR count). The smallest absolute Gasteiger partial charge is 0.263 e. The topological polar surface area (TPSA) is 62.2 Å². The van der Waals surface area contributed by atoms with E-state index in [1.165, 1.54) is 11.3 Å². The van der Waals surface area contributed by atoms with Crippen molar-refractivity contribution < 1.29 is 9.90 Å². The van der Waals surface area contributed by atoms with Crippen LogP contribution in [0.15, 0.2) is 5.51 Å². The molecule has 5 heteroatoms. The second kappa shape index (κ2) is 5.60. The first-order valence-electron chi connectivity index (χ1n) is 6.12. The molecule has 1 amide bonds. The molecule has 1 aromatic rings. The molecule has 1 saturated carbocycles. The van der Waals surface area contributed by atoms with Gasteiger partial charge in [0.15, 0.2) is 0 Å². The Morgan fingerprint density at radius 3 is 3.12 bits per heavy atom. The standard InChI is InChI=1S/C12H18N2O2S/c1-2-9(15)5-6-13-12(16)11-10(8-3-4-8)14-7-17-11/h7-9,15H,2-6H2,1H3,(H,13,16). The summed E-state index contributed by atoms with van der Waals surface area (Å²) < 4.78 is 0. The Morgan fingerprint density at radius 1 is 1.71 bits per heavy atom. The van der Waals surface area contributed by atoms with Gasteiger partial charge in [0.25, 0.3) is 5.91 Å². The van der Waals surface area contributed by atoms with Gasteiger partial charge in [0.05, 0.1) is 17.3 Å². The lowest BCUT2D eigenvalue weighted by molar-refractivity contribution is 0.0945. The fraction of sp³-hybridized carbons (Fsp3) is 0.667. The molecule has 2 N–H and O–H groups in total. The van der Waals surface area contributed by atoms with E-state index in [1.54, 1.807) is 5.51 Å². The van der Waals surface area contributed by atoms with E-state index in [0.717, 1.165) is 29.8 Å². The largest absolute Gasteiger partial charge is 0.393 e. The lowest BCUT2D eigenvalue weighted by Gasteiger charge is -2.08. The van der Waals surface area contributed by atoms with Crippen LogP contribution < -0.4 is 5.32 Å². The molecule has 1 aliphatic rings. The maximum Gasteiger partial charge on any atom is 0.263 e. The molecule has 0 saturated heterocycles. The summed E-state index contributed by atoms with van der Waals surface area (Å²) in [5.41, 5.74) is 2.70. The summed E-state index contributed by atoms with van der Waals surface area (Å²) in [7, 11) is 0. The van der Waals surface area contributed by atoms with Crippen LogP contribution in [0.2, 0.25) is 0 Å². The number of hydrogen-bond donors (Lipinski definition) is 2. The van der Waals surface area contributed by atoms with Gasteiger partial charge in [0.2, 0.25) is 0 Å². The Bertz CT molecular complexity index is 388. The van der Waals surface area contributed by atoms with Crippen molar-refractivity contribution in [1.82, 2.24) is 10.3 Å². The SMILES string of the molecule is CCC(O)CCNC(=O)c1scnc1C1CC1. The van der Waals surface area contributed by atoms with Crippen molar-refractivity contribution in [1.29, 1.82) is 0 Å². The van der Waals surface area contributed by atoms with Gasteiger partial charge in [-0.1, -0.05) is 6.92 Å². The number of carbonyl (C=O) groups is 1. The summed E-state index contributed by atoms with van der Waals surface area (Å²) in [6, 6.07) is 0. The van der Waals surface area contributed by atoms with Gasteiger partial charge in [0, 0.05) is 12.5 Å². The minimum Gasteiger partial charge on any atom is -0.393 e. The summed E-state index contributed by atoms with van der Waals surface area (Å²) in [6.45, 7) is 2.46. The van der Waals surface area contributed by atoms with Crippen LogP contribution in [-0.4, -0.2) is 28.6 Å². The number of nitrogens with zero attached hydrogens (tertiary/aromatic N) is 1. The first-order valence-corrected chi connectivity index (χ1v) is 7.00. The van der Waals surface area contributed by atoms with Crippen LogP contribution >= 0.6 is 11.3 Å². The zero-order valence-electron chi connectivity index (χ0n) is 9.98. The van der Waals surface area contributed by atoms with Crippen molar-refractivity contribution in [3.05, 3.63) is 16.1 Å². The summed E-state index contributed by atoms with van der Waals surface area (Å²) in [6.07, 6.45) is 3.32. The van der Waals surface area contributed by atoms with Crippen LogP contribution in [0.25, 0.3) is 0 Å². The fourth-order valence-electron chi connectivity index (χ4n) is 1.71. The lowest BCUT2D eigenvalue weighted by atomic mass is 10.2. The Labute approximate surface area is 105 Å². The maximum atomic E-state index is 11.9. The molecule has 0 aliphatic heterocycles. The second-order valence-corrected chi connectivity index (χ2v) is 5.30. The third-order valence-electron chi connectivity index (χ3n) is 3.00. The van der Waals surface area contributed by atoms with Crippen molar-refractivity contribution >= 4 is 17.2 Å². The summed E-state index contributed by atoms with van der Waals surface area (Å²) in [5.74, 6) is 0.459. The molecular formula is C12H18N2O2S. The highest BCUT2D eigenvalue weighted by molar-refractivity contribution is 7.11. The first-order chi connectivity index (χ1) is 8.22. The van der Waals surface area contributed by atoms with E-state index in [9.17, 15) is 9.90 Å². The normalized spacial score (nSPS) is 16.8. The van der Waals surface area contributed by atoms with Gasteiger partial charge in [-0.05, 0) is 25.7 Å². The van der Waals surface area contributed by atoms with E-state index in [4.69, 9.17) is 0 Å². The Balaban J connectivity index is 1.84. The van der Waals surface area contributed by atoms with Crippen LogP contribution in [-0.2, 0) is 0 Å². The van der Waals surface area contributed by atoms with Crippen LogP contribution in [0, 0.1) is 0 Å². The molecule has 1 heterocycles.